The third-order valence-corrected chi connectivity index (χ3v) is 5.99. The van der Waals surface area contributed by atoms with Gasteiger partial charge in [0.05, 0.1) is 21.3 Å². The van der Waals surface area contributed by atoms with Crippen LogP contribution in [-0.2, 0) is 6.54 Å². The molecule has 1 aromatic carbocycles. The van der Waals surface area contributed by atoms with Crippen molar-refractivity contribution in [2.24, 2.45) is 4.99 Å². The van der Waals surface area contributed by atoms with Crippen LogP contribution in [0.25, 0.3) is 0 Å². The summed E-state index contributed by atoms with van der Waals surface area (Å²) >= 11 is 0. The first-order chi connectivity index (χ1) is 15.3. The van der Waals surface area contributed by atoms with Gasteiger partial charge in [-0.1, -0.05) is 0 Å². The van der Waals surface area contributed by atoms with Crippen LogP contribution in [0.2, 0.25) is 0 Å². The SMILES string of the molecule is CN=C(NCCN(C(C)C)C(C)C)N1CCN(Cc2cc(OC)c(OC)c(OC)c2)CC1. The predicted octanol–water partition coefficient (Wildman–Crippen LogP) is 2.52. The van der Waals surface area contributed by atoms with Crippen LogP contribution in [0, 0.1) is 0 Å². The molecule has 2 rings (SSSR count). The number of hydrogen-bond donors (Lipinski definition) is 1. The molecule has 0 bridgehead atoms. The Kier molecular flexibility index (Phi) is 10.4. The first kappa shape index (κ1) is 26.1. The standard InChI is InChI=1S/C24H43N5O3/c1-18(2)29(19(3)4)10-9-26-24(25-5)28-13-11-27(12-14-28)17-20-15-21(30-6)23(32-8)22(16-20)31-7/h15-16,18-19H,9-14,17H2,1-8H3,(H,25,26). The van der Waals surface area contributed by atoms with E-state index in [1.807, 2.05) is 19.2 Å². The van der Waals surface area contributed by atoms with Gasteiger partial charge in [-0.25, -0.2) is 0 Å². The van der Waals surface area contributed by atoms with Crippen molar-refractivity contribution < 1.29 is 14.2 Å². The van der Waals surface area contributed by atoms with Crippen molar-refractivity contribution in [1.82, 2.24) is 20.0 Å². The number of aliphatic imine (C=N–C) groups is 1. The number of guanidine groups is 1. The number of methoxy groups -OCH3 is 3. The first-order valence-corrected chi connectivity index (χ1v) is 11.6. The van der Waals surface area contributed by atoms with Crippen LogP contribution >= 0.6 is 0 Å². The molecular formula is C24H43N5O3. The quantitative estimate of drug-likeness (QED) is 0.435. The molecule has 0 unspecified atom stereocenters. The summed E-state index contributed by atoms with van der Waals surface area (Å²) in [6.45, 7) is 15.6. The van der Waals surface area contributed by atoms with Crippen molar-refractivity contribution in [3.8, 4) is 17.2 Å². The van der Waals surface area contributed by atoms with E-state index < -0.39 is 0 Å². The molecule has 1 aliphatic heterocycles. The van der Waals surface area contributed by atoms with Crippen LogP contribution in [0.1, 0.15) is 33.3 Å². The molecule has 1 fully saturated rings. The Morgan fingerprint density at radius 3 is 1.97 bits per heavy atom. The van der Waals surface area contributed by atoms with Crippen molar-refractivity contribution in [1.29, 1.82) is 0 Å². The summed E-state index contributed by atoms with van der Waals surface area (Å²) in [6.07, 6.45) is 0. The summed E-state index contributed by atoms with van der Waals surface area (Å²) in [5.41, 5.74) is 1.15. The lowest BCUT2D eigenvalue weighted by atomic mass is 10.1. The summed E-state index contributed by atoms with van der Waals surface area (Å²) in [5.74, 6) is 3.01. The molecule has 182 valence electrons. The van der Waals surface area contributed by atoms with Gasteiger partial charge in [-0.2, -0.15) is 0 Å². The zero-order valence-corrected chi connectivity index (χ0v) is 21.3. The molecule has 0 amide bonds. The fourth-order valence-corrected chi connectivity index (χ4v) is 4.34. The number of ether oxygens (including phenoxy) is 3. The molecule has 0 spiro atoms. The molecular weight excluding hydrogens is 406 g/mol. The molecule has 0 aromatic heterocycles. The van der Waals surface area contributed by atoms with Crippen molar-refractivity contribution in [3.05, 3.63) is 17.7 Å². The highest BCUT2D eigenvalue weighted by Gasteiger charge is 2.21. The normalized spacial score (nSPS) is 15.6. The average molecular weight is 450 g/mol. The molecule has 8 nitrogen and oxygen atoms in total. The van der Waals surface area contributed by atoms with Gasteiger partial charge in [0.1, 0.15) is 0 Å². The number of hydrogen-bond acceptors (Lipinski definition) is 6. The fraction of sp³-hybridized carbons (Fsp3) is 0.708. The van der Waals surface area contributed by atoms with Gasteiger partial charge >= 0.3 is 0 Å². The highest BCUT2D eigenvalue weighted by atomic mass is 16.5. The predicted molar refractivity (Wildman–Crippen MR) is 131 cm³/mol. The van der Waals surface area contributed by atoms with Gasteiger partial charge in [0.2, 0.25) is 5.75 Å². The van der Waals surface area contributed by atoms with Crippen molar-refractivity contribution in [2.45, 2.75) is 46.3 Å². The number of benzene rings is 1. The molecule has 1 aromatic rings. The summed E-state index contributed by atoms with van der Waals surface area (Å²) in [7, 11) is 6.80. The second kappa shape index (κ2) is 12.7. The highest BCUT2D eigenvalue weighted by Crippen LogP contribution is 2.38. The van der Waals surface area contributed by atoms with Gasteiger partial charge in [0.25, 0.3) is 0 Å². The molecule has 0 aliphatic carbocycles. The third kappa shape index (κ3) is 6.90. The molecule has 0 radical (unpaired) electrons. The Morgan fingerprint density at radius 1 is 0.969 bits per heavy atom. The second-order valence-corrected chi connectivity index (χ2v) is 8.70. The molecule has 0 atom stereocenters. The van der Waals surface area contributed by atoms with Crippen LogP contribution in [0.5, 0.6) is 17.2 Å². The Balaban J connectivity index is 1.89. The van der Waals surface area contributed by atoms with Crippen LogP contribution in [0.15, 0.2) is 17.1 Å². The van der Waals surface area contributed by atoms with Gasteiger partial charge in [0, 0.05) is 64.9 Å². The number of nitrogens with one attached hydrogen (secondary N) is 1. The Hall–Kier alpha value is -2.19. The van der Waals surface area contributed by atoms with E-state index in [1.165, 1.54) is 0 Å². The van der Waals surface area contributed by atoms with E-state index in [1.54, 1.807) is 21.3 Å². The fourth-order valence-electron chi connectivity index (χ4n) is 4.34. The number of nitrogens with zero attached hydrogens (tertiary/aromatic N) is 4. The largest absolute Gasteiger partial charge is 0.493 e. The van der Waals surface area contributed by atoms with Crippen LogP contribution in [0.4, 0.5) is 0 Å². The van der Waals surface area contributed by atoms with Gasteiger partial charge in [-0.05, 0) is 45.4 Å². The molecule has 1 saturated heterocycles. The van der Waals surface area contributed by atoms with E-state index in [0.717, 1.165) is 57.3 Å². The lowest BCUT2D eigenvalue weighted by molar-refractivity contribution is 0.167. The minimum absolute atomic E-state index is 0.539. The summed E-state index contributed by atoms with van der Waals surface area (Å²) in [5, 5.41) is 3.56. The zero-order chi connectivity index (χ0) is 23.7. The van der Waals surface area contributed by atoms with Crippen molar-refractivity contribution in [2.75, 3.05) is 67.6 Å². The highest BCUT2D eigenvalue weighted by molar-refractivity contribution is 5.80. The van der Waals surface area contributed by atoms with Crippen LogP contribution < -0.4 is 19.5 Å². The maximum atomic E-state index is 5.50. The third-order valence-electron chi connectivity index (χ3n) is 5.99. The first-order valence-electron chi connectivity index (χ1n) is 11.6. The molecule has 1 N–H and O–H groups in total. The number of piperazine rings is 1. The minimum atomic E-state index is 0.539. The monoisotopic (exact) mass is 449 g/mol. The van der Waals surface area contributed by atoms with E-state index >= 15 is 0 Å². The van der Waals surface area contributed by atoms with Crippen LogP contribution in [-0.4, -0.2) is 100 Å². The average Bonchev–Trinajstić information content (AvgIpc) is 2.78. The summed E-state index contributed by atoms with van der Waals surface area (Å²) < 4.78 is 16.4. The topological polar surface area (TPSA) is 61.8 Å². The molecule has 1 heterocycles. The smallest absolute Gasteiger partial charge is 0.203 e. The van der Waals surface area contributed by atoms with Gasteiger partial charge < -0.3 is 24.4 Å². The summed E-state index contributed by atoms with van der Waals surface area (Å²) in [4.78, 5) is 11.8. The van der Waals surface area contributed by atoms with E-state index in [2.05, 4.69) is 52.7 Å². The lowest BCUT2D eigenvalue weighted by Crippen LogP contribution is -2.53. The van der Waals surface area contributed by atoms with Crippen LogP contribution in [0.3, 0.4) is 0 Å². The van der Waals surface area contributed by atoms with Crippen molar-refractivity contribution >= 4 is 5.96 Å². The molecule has 8 heteroatoms. The second-order valence-electron chi connectivity index (χ2n) is 8.70. The van der Waals surface area contributed by atoms with Gasteiger partial charge in [0.15, 0.2) is 17.5 Å². The maximum absolute atomic E-state index is 5.50. The number of rotatable bonds is 10. The molecule has 1 aliphatic rings. The van der Waals surface area contributed by atoms with E-state index in [0.29, 0.717) is 29.3 Å². The van der Waals surface area contributed by atoms with Gasteiger partial charge in [-0.15, -0.1) is 0 Å². The zero-order valence-electron chi connectivity index (χ0n) is 21.3. The van der Waals surface area contributed by atoms with E-state index in [9.17, 15) is 0 Å². The minimum Gasteiger partial charge on any atom is -0.493 e. The lowest BCUT2D eigenvalue weighted by Gasteiger charge is -2.37. The van der Waals surface area contributed by atoms with E-state index in [-0.39, 0.29) is 0 Å². The Labute approximate surface area is 194 Å². The Morgan fingerprint density at radius 2 is 1.53 bits per heavy atom. The van der Waals surface area contributed by atoms with Gasteiger partial charge in [-0.3, -0.25) is 14.8 Å². The van der Waals surface area contributed by atoms with Crippen molar-refractivity contribution in [3.63, 3.8) is 0 Å². The summed E-state index contributed by atoms with van der Waals surface area (Å²) in [6, 6.07) is 5.14. The van der Waals surface area contributed by atoms with E-state index in [4.69, 9.17) is 14.2 Å². The molecule has 32 heavy (non-hydrogen) atoms. The Bertz CT molecular complexity index is 697. The molecule has 0 saturated carbocycles. The maximum Gasteiger partial charge on any atom is 0.203 e.